The molecule has 2 aromatic heterocycles. The van der Waals surface area contributed by atoms with Crippen molar-refractivity contribution in [3.8, 4) is 33.6 Å². The van der Waals surface area contributed by atoms with Crippen molar-refractivity contribution in [2.24, 2.45) is 5.92 Å². The number of anilines is 2. The summed E-state index contributed by atoms with van der Waals surface area (Å²) in [5, 5.41) is 7.85. The second-order valence-electron chi connectivity index (χ2n) is 15.6. The van der Waals surface area contributed by atoms with Crippen molar-refractivity contribution in [2.45, 2.75) is 19.3 Å². The normalized spacial score (nSPS) is 14.8. The quantitative estimate of drug-likeness (QED) is 0.156. The van der Waals surface area contributed by atoms with E-state index in [2.05, 4.69) is 196 Å². The highest BCUT2D eigenvalue weighted by molar-refractivity contribution is 6.30. The molecule has 0 N–H and O–H groups in total. The van der Waals surface area contributed by atoms with Crippen LogP contribution in [0.1, 0.15) is 19.3 Å². The molecule has 266 valence electrons. The highest BCUT2D eigenvalue weighted by Crippen LogP contribution is 2.51. The predicted octanol–water partition coefficient (Wildman–Crippen LogP) is 14.2. The summed E-state index contributed by atoms with van der Waals surface area (Å²) >= 11 is 0. The lowest BCUT2D eigenvalue weighted by molar-refractivity contribution is 0.487. The Bertz CT molecular complexity index is 3200. The number of rotatable bonds is 6. The van der Waals surface area contributed by atoms with Crippen molar-refractivity contribution in [3.05, 3.63) is 182 Å². The van der Waals surface area contributed by atoms with Crippen molar-refractivity contribution in [2.75, 3.05) is 11.4 Å². The molecular weight excluding hydrogens is 679 g/mol. The molecule has 0 spiro atoms. The Kier molecular flexibility index (Phi) is 6.94. The molecule has 56 heavy (non-hydrogen) atoms. The standard InChI is InChI=1S/C53H39N3/c1-4-14-35(15-5-1)34-54(40-28-30-43-42-21-10-11-24-47(42)55(50(43)33-40)37-17-6-2-7-18-37)39-27-29-41-44-23-13-25-48-52(44)53-49(56(48)38-19-8-3-9-20-38)31-26-36-16-12-22-45(51(36)53)46(41)32-39/h1-4,6-13,16-33,35H,5,14-15,34H2. The molecule has 2 aliphatic carbocycles. The number of hydrogen-bond acceptors (Lipinski definition) is 1. The fourth-order valence-corrected chi connectivity index (χ4v) is 10.0. The second kappa shape index (κ2) is 12.3. The van der Waals surface area contributed by atoms with Crippen molar-refractivity contribution >= 4 is 65.8 Å². The number of aromatic nitrogens is 2. The third-order valence-electron chi connectivity index (χ3n) is 12.5. The Morgan fingerprint density at radius 1 is 0.446 bits per heavy atom. The summed E-state index contributed by atoms with van der Waals surface area (Å²) in [7, 11) is 0. The van der Waals surface area contributed by atoms with Crippen molar-refractivity contribution in [3.63, 3.8) is 0 Å². The van der Waals surface area contributed by atoms with Gasteiger partial charge in [-0.15, -0.1) is 0 Å². The molecule has 2 aliphatic rings. The summed E-state index contributed by atoms with van der Waals surface area (Å²) in [5.74, 6) is 0.569. The third-order valence-corrected chi connectivity index (χ3v) is 12.5. The zero-order valence-corrected chi connectivity index (χ0v) is 31.1. The molecule has 0 saturated heterocycles. The molecular formula is C53H39N3. The number of fused-ring (bicyclic) bond motifs is 6. The summed E-state index contributed by atoms with van der Waals surface area (Å²) in [6, 6.07) is 63.3. The van der Waals surface area contributed by atoms with E-state index in [0.29, 0.717) is 5.92 Å². The summed E-state index contributed by atoms with van der Waals surface area (Å²) in [4.78, 5) is 2.61. The summed E-state index contributed by atoms with van der Waals surface area (Å²) in [6.45, 7) is 0.956. The average molecular weight is 718 g/mol. The Balaban J connectivity index is 1.10. The van der Waals surface area contributed by atoms with Crippen LogP contribution in [-0.4, -0.2) is 15.7 Å². The first-order valence-electron chi connectivity index (χ1n) is 20.0. The van der Waals surface area contributed by atoms with E-state index in [0.717, 1.165) is 19.4 Å². The van der Waals surface area contributed by atoms with Crippen LogP contribution in [0, 0.1) is 5.92 Å². The Morgan fingerprint density at radius 2 is 1.11 bits per heavy atom. The molecule has 0 fully saturated rings. The van der Waals surface area contributed by atoms with Crippen LogP contribution in [0.3, 0.4) is 0 Å². The predicted molar refractivity (Wildman–Crippen MR) is 237 cm³/mol. The summed E-state index contributed by atoms with van der Waals surface area (Å²) < 4.78 is 4.89. The lowest BCUT2D eigenvalue weighted by Crippen LogP contribution is -2.26. The minimum absolute atomic E-state index is 0.569. The van der Waals surface area contributed by atoms with Crippen LogP contribution >= 0.6 is 0 Å². The van der Waals surface area contributed by atoms with E-state index in [1.165, 1.54) is 106 Å². The minimum Gasteiger partial charge on any atom is -0.341 e. The number of nitrogens with zero attached hydrogens (tertiary/aromatic N) is 3. The topological polar surface area (TPSA) is 13.1 Å². The largest absolute Gasteiger partial charge is 0.341 e. The van der Waals surface area contributed by atoms with Gasteiger partial charge < -0.3 is 14.0 Å². The fourth-order valence-electron chi connectivity index (χ4n) is 10.0. The lowest BCUT2D eigenvalue weighted by Gasteiger charge is -2.31. The SMILES string of the molecule is C1=CCC(CN(c2ccc3c(c2)-c2cccc4ccc5c(c24)c2c-3cccc2n5-c2ccccc2)c2ccc3c4ccccc4n(-c4ccccc4)c3c2)CC1. The van der Waals surface area contributed by atoms with Gasteiger partial charge in [-0.2, -0.15) is 0 Å². The zero-order valence-electron chi connectivity index (χ0n) is 31.1. The molecule has 3 heteroatoms. The van der Waals surface area contributed by atoms with Gasteiger partial charge in [0, 0.05) is 50.8 Å². The van der Waals surface area contributed by atoms with E-state index in [4.69, 9.17) is 0 Å². The van der Waals surface area contributed by atoms with E-state index in [1.807, 2.05) is 0 Å². The molecule has 2 heterocycles. The maximum absolute atomic E-state index is 2.61. The van der Waals surface area contributed by atoms with E-state index in [-0.39, 0.29) is 0 Å². The molecule has 3 nitrogen and oxygen atoms in total. The van der Waals surface area contributed by atoms with Gasteiger partial charge in [0.05, 0.1) is 22.1 Å². The molecule has 0 saturated carbocycles. The van der Waals surface area contributed by atoms with Crippen LogP contribution < -0.4 is 4.90 Å². The molecule has 1 atom stereocenters. The maximum atomic E-state index is 2.61. The molecule has 0 amide bonds. The van der Waals surface area contributed by atoms with Gasteiger partial charge in [-0.05, 0) is 125 Å². The molecule has 1 unspecified atom stereocenters. The minimum atomic E-state index is 0.569. The Morgan fingerprint density at radius 3 is 1.91 bits per heavy atom. The van der Waals surface area contributed by atoms with Gasteiger partial charge in [-0.1, -0.05) is 115 Å². The molecule has 0 radical (unpaired) electrons. The zero-order chi connectivity index (χ0) is 36.7. The van der Waals surface area contributed by atoms with E-state index < -0.39 is 0 Å². The second-order valence-corrected chi connectivity index (χ2v) is 15.6. The van der Waals surface area contributed by atoms with Gasteiger partial charge in [-0.3, -0.25) is 0 Å². The van der Waals surface area contributed by atoms with Crippen LogP contribution in [0.2, 0.25) is 0 Å². The number of para-hydroxylation sites is 3. The van der Waals surface area contributed by atoms with Gasteiger partial charge in [-0.25, -0.2) is 0 Å². The van der Waals surface area contributed by atoms with Crippen molar-refractivity contribution < 1.29 is 0 Å². The van der Waals surface area contributed by atoms with E-state index >= 15 is 0 Å². The third kappa shape index (κ3) is 4.64. The summed E-state index contributed by atoms with van der Waals surface area (Å²) in [6.07, 6.45) is 8.20. The Labute approximate surface area is 326 Å². The van der Waals surface area contributed by atoms with Crippen LogP contribution in [-0.2, 0) is 0 Å². The highest BCUT2D eigenvalue weighted by Gasteiger charge is 2.27. The van der Waals surface area contributed by atoms with Crippen molar-refractivity contribution in [1.82, 2.24) is 9.13 Å². The van der Waals surface area contributed by atoms with Gasteiger partial charge in [0.25, 0.3) is 0 Å². The first-order valence-corrected chi connectivity index (χ1v) is 20.0. The summed E-state index contributed by atoms with van der Waals surface area (Å²) in [5.41, 5.74) is 15.0. The number of benzene rings is 8. The van der Waals surface area contributed by atoms with Gasteiger partial charge in [0.2, 0.25) is 0 Å². The highest BCUT2D eigenvalue weighted by atomic mass is 15.1. The van der Waals surface area contributed by atoms with E-state index in [9.17, 15) is 0 Å². The monoisotopic (exact) mass is 717 g/mol. The Hall–Kier alpha value is -6.84. The molecule has 0 bridgehead atoms. The molecule has 0 aliphatic heterocycles. The van der Waals surface area contributed by atoms with Crippen LogP contribution in [0.25, 0.3) is 88.0 Å². The van der Waals surface area contributed by atoms with Gasteiger partial charge in [0.15, 0.2) is 0 Å². The van der Waals surface area contributed by atoms with Crippen molar-refractivity contribution in [1.29, 1.82) is 0 Å². The average Bonchev–Trinajstić information content (AvgIpc) is 3.75. The fraction of sp³-hybridized carbons (Fsp3) is 0.0943. The van der Waals surface area contributed by atoms with Gasteiger partial charge in [0.1, 0.15) is 0 Å². The number of allylic oxidation sites excluding steroid dienone is 2. The first kappa shape index (κ1) is 31.5. The van der Waals surface area contributed by atoms with Crippen LogP contribution in [0.5, 0.6) is 0 Å². The lowest BCUT2D eigenvalue weighted by atomic mass is 9.91. The smallest absolute Gasteiger partial charge is 0.0561 e. The van der Waals surface area contributed by atoms with Gasteiger partial charge >= 0.3 is 0 Å². The van der Waals surface area contributed by atoms with Crippen LogP contribution in [0.15, 0.2) is 182 Å². The molecule has 10 aromatic rings. The maximum Gasteiger partial charge on any atom is 0.0561 e. The van der Waals surface area contributed by atoms with Crippen LogP contribution in [0.4, 0.5) is 11.4 Å². The molecule has 8 aromatic carbocycles. The first-order chi connectivity index (χ1) is 27.8. The van der Waals surface area contributed by atoms with E-state index in [1.54, 1.807) is 0 Å². The number of hydrogen-bond donors (Lipinski definition) is 0. The molecule has 12 rings (SSSR count).